The highest BCUT2D eigenvalue weighted by atomic mass is 32.1. The monoisotopic (exact) mass is 443 g/mol. The Morgan fingerprint density at radius 2 is 1.86 bits per heavy atom. The fourth-order valence-electron chi connectivity index (χ4n) is 2.76. The smallest absolute Gasteiger partial charge is 0.323 e. The molecule has 1 aromatic heterocycles. The van der Waals surface area contributed by atoms with E-state index < -0.39 is 13.4 Å². The number of benzene rings is 1. The molecule has 0 radical (unpaired) electrons. The van der Waals surface area contributed by atoms with Crippen molar-refractivity contribution < 1.29 is 28.1 Å². The second kappa shape index (κ2) is 10.6. The van der Waals surface area contributed by atoms with Crippen molar-refractivity contribution in [2.45, 2.75) is 51.0 Å². The number of rotatable bonds is 12. The molecule has 1 unspecified atom stereocenters. The zero-order valence-electron chi connectivity index (χ0n) is 16.3. The maximum atomic E-state index is 12.9. The van der Waals surface area contributed by atoms with E-state index in [1.54, 1.807) is 19.1 Å². The van der Waals surface area contributed by atoms with Crippen molar-refractivity contribution >= 4 is 24.9 Å². The molecule has 1 atom stereocenters. The predicted octanol–water partition coefficient (Wildman–Crippen LogP) is 4.24. The van der Waals surface area contributed by atoms with Gasteiger partial charge >= 0.3 is 7.82 Å². The maximum absolute atomic E-state index is 12.9. The Morgan fingerprint density at radius 1 is 1.17 bits per heavy atom. The van der Waals surface area contributed by atoms with Crippen LogP contribution in [0.25, 0.3) is 0 Å². The average Bonchev–Trinajstić information content (AvgIpc) is 3.12. The Kier molecular flexibility index (Phi) is 8.70. The summed E-state index contributed by atoms with van der Waals surface area (Å²) >= 11 is 1.42. The van der Waals surface area contributed by atoms with Crippen LogP contribution in [0.4, 0.5) is 4.39 Å². The topological polar surface area (TPSA) is 110 Å². The molecular weight excluding hydrogens is 416 g/mol. The summed E-state index contributed by atoms with van der Waals surface area (Å²) in [6.45, 7) is 1.42. The zero-order valence-corrected chi connectivity index (χ0v) is 18.1. The lowest BCUT2D eigenvalue weighted by Gasteiger charge is -2.24. The molecule has 1 heterocycles. The van der Waals surface area contributed by atoms with Crippen LogP contribution in [0, 0.1) is 5.82 Å². The number of halogens is 1. The molecule has 0 spiro atoms. The van der Waals surface area contributed by atoms with Crippen molar-refractivity contribution in [3.63, 3.8) is 0 Å². The third kappa shape index (κ3) is 9.30. The molecule has 160 valence electrons. The zero-order chi connectivity index (χ0) is 21.5. The van der Waals surface area contributed by atoms with Crippen molar-refractivity contribution in [3.8, 4) is 0 Å². The minimum Gasteiger partial charge on any atom is -0.323 e. The summed E-state index contributed by atoms with van der Waals surface area (Å²) in [5.74, 6) is -0.151. The standard InChI is InChI=1S/C20H27FNO5PS/c1-20(22,14-27-28(24,25)26)13-12-17-10-11-19(29-17)18(23)5-3-2-4-15-6-8-16(21)9-7-15/h6-11H,2-5,12-14,22H2,1H3,(H2,24,25,26). The Morgan fingerprint density at radius 3 is 2.52 bits per heavy atom. The number of hydrogen-bond acceptors (Lipinski definition) is 5. The van der Waals surface area contributed by atoms with E-state index in [0.717, 1.165) is 29.7 Å². The molecule has 0 bridgehead atoms. The van der Waals surface area contributed by atoms with E-state index >= 15 is 0 Å². The first-order chi connectivity index (χ1) is 13.5. The Labute approximate surface area is 174 Å². The summed E-state index contributed by atoms with van der Waals surface area (Å²) in [7, 11) is -4.54. The highest BCUT2D eigenvalue weighted by Gasteiger charge is 2.24. The van der Waals surface area contributed by atoms with Gasteiger partial charge in [-0.3, -0.25) is 9.32 Å². The molecule has 2 rings (SSSR count). The number of aryl methyl sites for hydroxylation is 2. The highest BCUT2D eigenvalue weighted by Crippen LogP contribution is 2.37. The number of ketones is 1. The number of carbonyl (C=O) groups is 1. The number of nitrogens with two attached hydrogens (primary N) is 1. The third-order valence-electron chi connectivity index (χ3n) is 4.47. The maximum Gasteiger partial charge on any atom is 0.469 e. The van der Waals surface area contributed by atoms with Crippen molar-refractivity contribution in [3.05, 3.63) is 57.5 Å². The fraction of sp³-hybridized carbons (Fsp3) is 0.450. The Hall–Kier alpha value is -1.41. The van der Waals surface area contributed by atoms with E-state index in [2.05, 4.69) is 4.52 Å². The van der Waals surface area contributed by atoms with Crippen LogP contribution in [0.5, 0.6) is 0 Å². The number of phosphoric ester groups is 1. The Balaban J connectivity index is 1.73. The first-order valence-electron chi connectivity index (χ1n) is 9.39. The van der Waals surface area contributed by atoms with Gasteiger partial charge in [-0.15, -0.1) is 11.3 Å². The first kappa shape index (κ1) is 23.9. The number of phosphoric acid groups is 1. The fourth-order valence-corrected chi connectivity index (χ4v) is 4.20. The summed E-state index contributed by atoms with van der Waals surface area (Å²) in [4.78, 5) is 31.6. The van der Waals surface area contributed by atoms with Crippen molar-refractivity contribution in [2.24, 2.45) is 5.73 Å². The molecule has 1 aromatic carbocycles. The van der Waals surface area contributed by atoms with Crippen molar-refractivity contribution in [1.82, 2.24) is 0 Å². The normalized spacial score (nSPS) is 14.0. The lowest BCUT2D eigenvalue weighted by atomic mass is 9.98. The van der Waals surface area contributed by atoms with Crippen LogP contribution < -0.4 is 5.73 Å². The molecule has 9 heteroatoms. The van der Waals surface area contributed by atoms with Crippen LogP contribution in [0.2, 0.25) is 0 Å². The van der Waals surface area contributed by atoms with Gasteiger partial charge in [0, 0.05) is 16.8 Å². The number of carbonyl (C=O) groups excluding carboxylic acids is 1. The lowest BCUT2D eigenvalue weighted by Crippen LogP contribution is -2.41. The van der Waals surface area contributed by atoms with Crippen LogP contribution in [0.15, 0.2) is 36.4 Å². The number of thiophene rings is 1. The van der Waals surface area contributed by atoms with Crippen LogP contribution in [-0.2, 0) is 21.9 Å². The lowest BCUT2D eigenvalue weighted by molar-refractivity contribution is 0.0983. The second-order valence-corrected chi connectivity index (χ2v) is 9.85. The number of unbranched alkanes of at least 4 members (excludes halogenated alkanes) is 1. The van der Waals surface area contributed by atoms with E-state index in [-0.39, 0.29) is 18.2 Å². The molecule has 2 aromatic rings. The molecule has 0 aliphatic heterocycles. The Bertz CT molecular complexity index is 847. The van der Waals surface area contributed by atoms with Crippen LogP contribution in [0.3, 0.4) is 0 Å². The van der Waals surface area contributed by atoms with Crippen molar-refractivity contribution in [2.75, 3.05) is 6.61 Å². The SMILES string of the molecule is CC(N)(CCc1ccc(C(=O)CCCCc2ccc(F)cc2)s1)COP(=O)(O)O. The number of hydrogen-bond donors (Lipinski definition) is 3. The minimum atomic E-state index is -4.54. The summed E-state index contributed by atoms with van der Waals surface area (Å²) in [6, 6.07) is 10.1. The predicted molar refractivity (Wildman–Crippen MR) is 112 cm³/mol. The molecule has 0 fully saturated rings. The minimum absolute atomic E-state index is 0.0979. The van der Waals surface area contributed by atoms with E-state index in [9.17, 15) is 13.8 Å². The molecule has 4 N–H and O–H groups in total. The van der Waals surface area contributed by atoms with Crippen LogP contribution >= 0.6 is 19.2 Å². The largest absolute Gasteiger partial charge is 0.469 e. The van der Waals surface area contributed by atoms with Gasteiger partial charge in [-0.25, -0.2) is 8.96 Å². The van der Waals surface area contributed by atoms with E-state index in [0.29, 0.717) is 24.1 Å². The van der Waals surface area contributed by atoms with Gasteiger partial charge in [0.2, 0.25) is 0 Å². The third-order valence-corrected chi connectivity index (χ3v) is 6.13. The van der Waals surface area contributed by atoms with E-state index in [4.69, 9.17) is 15.5 Å². The first-order valence-corrected chi connectivity index (χ1v) is 11.7. The van der Waals surface area contributed by atoms with E-state index in [1.807, 2.05) is 12.1 Å². The molecule has 0 aliphatic carbocycles. The molecule has 0 saturated heterocycles. The van der Waals surface area contributed by atoms with Crippen molar-refractivity contribution in [1.29, 1.82) is 0 Å². The summed E-state index contributed by atoms with van der Waals surface area (Å²) in [5, 5.41) is 0. The van der Waals surface area contributed by atoms with Gasteiger partial charge in [0.15, 0.2) is 5.78 Å². The van der Waals surface area contributed by atoms with Gasteiger partial charge in [0.1, 0.15) is 5.82 Å². The molecule has 0 amide bonds. The molecule has 6 nitrogen and oxygen atoms in total. The highest BCUT2D eigenvalue weighted by molar-refractivity contribution is 7.46. The summed E-state index contributed by atoms with van der Waals surface area (Å²) < 4.78 is 28.2. The summed E-state index contributed by atoms with van der Waals surface area (Å²) in [5.41, 5.74) is 6.20. The molecular formula is C20H27FNO5PS. The van der Waals surface area contributed by atoms with Gasteiger partial charge in [0.25, 0.3) is 0 Å². The second-order valence-electron chi connectivity index (χ2n) is 7.44. The average molecular weight is 443 g/mol. The van der Waals surface area contributed by atoms with Gasteiger partial charge in [-0.05, 0) is 68.9 Å². The molecule has 0 aliphatic rings. The quantitative estimate of drug-likeness (QED) is 0.257. The van der Waals surface area contributed by atoms with Crippen LogP contribution in [0.1, 0.15) is 52.7 Å². The van der Waals surface area contributed by atoms with Gasteiger partial charge in [0.05, 0.1) is 11.5 Å². The van der Waals surface area contributed by atoms with E-state index in [1.165, 1.54) is 23.5 Å². The van der Waals surface area contributed by atoms with Gasteiger partial charge in [-0.1, -0.05) is 12.1 Å². The van der Waals surface area contributed by atoms with Crippen LogP contribution in [-0.4, -0.2) is 27.7 Å². The summed E-state index contributed by atoms with van der Waals surface area (Å²) in [6.07, 6.45) is 3.98. The van der Waals surface area contributed by atoms with Gasteiger partial charge < -0.3 is 15.5 Å². The molecule has 0 saturated carbocycles. The number of Topliss-reactive ketones (excluding diaryl/α,β-unsaturated/α-hetero) is 1. The molecule has 29 heavy (non-hydrogen) atoms. The van der Waals surface area contributed by atoms with Gasteiger partial charge in [-0.2, -0.15) is 0 Å².